The number of aliphatic hydroxyl groups is 2. The van der Waals surface area contributed by atoms with E-state index in [1.54, 1.807) is 12.2 Å². The van der Waals surface area contributed by atoms with Crippen molar-refractivity contribution in [3.63, 3.8) is 0 Å². The highest BCUT2D eigenvalue weighted by atomic mass is 31.2. The molecule has 0 spiro atoms. The van der Waals surface area contributed by atoms with E-state index in [9.17, 15) is 9.67 Å². The van der Waals surface area contributed by atoms with Crippen molar-refractivity contribution < 1.29 is 14.8 Å². The van der Waals surface area contributed by atoms with Crippen LogP contribution in [0.2, 0.25) is 0 Å². The Bertz CT molecular complexity index is 624. The Balaban J connectivity index is 2.65. The van der Waals surface area contributed by atoms with Gasteiger partial charge in [0, 0.05) is 10.6 Å². The molecule has 0 bridgehead atoms. The summed E-state index contributed by atoms with van der Waals surface area (Å²) in [5.41, 5.74) is -0.565. The predicted molar refractivity (Wildman–Crippen MR) is 96.1 cm³/mol. The van der Waals surface area contributed by atoms with Gasteiger partial charge in [0.15, 0.2) is 7.14 Å². The molecule has 23 heavy (non-hydrogen) atoms. The van der Waals surface area contributed by atoms with Crippen molar-refractivity contribution in [3.05, 3.63) is 72.8 Å². The lowest BCUT2D eigenvalue weighted by atomic mass is 10.2. The molecule has 0 aliphatic heterocycles. The average Bonchev–Trinajstić information content (AvgIpc) is 2.62. The fraction of sp³-hybridized carbons (Fsp3) is 0.263. The molecule has 0 amide bonds. The lowest BCUT2D eigenvalue weighted by molar-refractivity contribution is 0.175. The zero-order valence-corrected chi connectivity index (χ0v) is 14.1. The van der Waals surface area contributed by atoms with Crippen LogP contribution in [0.1, 0.15) is 13.3 Å². The molecule has 0 aliphatic carbocycles. The fourth-order valence-electron chi connectivity index (χ4n) is 2.73. The molecule has 0 aromatic heterocycles. The third-order valence-electron chi connectivity index (χ3n) is 3.95. The molecule has 2 rings (SSSR count). The van der Waals surface area contributed by atoms with Crippen molar-refractivity contribution >= 4 is 17.8 Å². The second kappa shape index (κ2) is 8.26. The van der Waals surface area contributed by atoms with E-state index in [2.05, 4.69) is 0 Å². The fourth-order valence-corrected chi connectivity index (χ4v) is 6.00. The summed E-state index contributed by atoms with van der Waals surface area (Å²) in [7, 11) is -3.08. The molecule has 2 aromatic carbocycles. The second-order valence-electron chi connectivity index (χ2n) is 5.41. The number of benzene rings is 2. The SMILES string of the molecule is CCC(O)C(/C=C/CO)P(=O)(c1ccccc1)c1ccccc1. The van der Waals surface area contributed by atoms with Crippen molar-refractivity contribution in [2.75, 3.05) is 6.61 Å². The largest absolute Gasteiger partial charge is 0.392 e. The van der Waals surface area contributed by atoms with Gasteiger partial charge >= 0.3 is 0 Å². The standard InChI is InChI=1S/C19H23O3P/c1-2-18(21)19(14-9-15-20)23(22,16-10-5-3-6-11-16)17-12-7-4-8-13-17/h3-14,18-21H,2,15H2,1H3/b14-9+. The van der Waals surface area contributed by atoms with E-state index in [0.29, 0.717) is 17.0 Å². The van der Waals surface area contributed by atoms with Crippen LogP contribution in [0.15, 0.2) is 72.8 Å². The van der Waals surface area contributed by atoms with Crippen LogP contribution in [0.25, 0.3) is 0 Å². The maximum absolute atomic E-state index is 14.1. The number of hydrogen-bond acceptors (Lipinski definition) is 3. The Labute approximate surface area is 137 Å². The molecule has 0 radical (unpaired) electrons. The van der Waals surface area contributed by atoms with E-state index in [4.69, 9.17) is 5.11 Å². The van der Waals surface area contributed by atoms with Crippen LogP contribution in [0.5, 0.6) is 0 Å². The third-order valence-corrected chi connectivity index (χ3v) is 7.44. The highest BCUT2D eigenvalue weighted by Gasteiger charge is 2.38. The summed E-state index contributed by atoms with van der Waals surface area (Å²) in [5, 5.41) is 21.0. The number of aliphatic hydroxyl groups excluding tert-OH is 2. The van der Waals surface area contributed by atoms with E-state index in [1.807, 2.05) is 67.6 Å². The van der Waals surface area contributed by atoms with Crippen LogP contribution in [-0.2, 0) is 4.57 Å². The van der Waals surface area contributed by atoms with E-state index in [1.165, 1.54) is 0 Å². The van der Waals surface area contributed by atoms with Gasteiger partial charge < -0.3 is 14.8 Å². The number of rotatable bonds is 7. The van der Waals surface area contributed by atoms with Crippen LogP contribution in [0.4, 0.5) is 0 Å². The van der Waals surface area contributed by atoms with Crippen LogP contribution in [-0.4, -0.2) is 28.6 Å². The predicted octanol–water partition coefficient (Wildman–Crippen LogP) is 2.69. The zero-order chi connectivity index (χ0) is 16.7. The average molecular weight is 330 g/mol. The van der Waals surface area contributed by atoms with Gasteiger partial charge in [-0.3, -0.25) is 0 Å². The lowest BCUT2D eigenvalue weighted by Gasteiger charge is -2.30. The van der Waals surface area contributed by atoms with Gasteiger partial charge in [0.25, 0.3) is 0 Å². The maximum atomic E-state index is 14.1. The lowest BCUT2D eigenvalue weighted by Crippen LogP contribution is -2.33. The minimum absolute atomic E-state index is 0.142. The first-order valence-corrected chi connectivity index (χ1v) is 9.58. The minimum atomic E-state index is -3.08. The van der Waals surface area contributed by atoms with E-state index in [0.717, 1.165) is 0 Å². The molecule has 2 unspecified atom stereocenters. The summed E-state index contributed by atoms with van der Waals surface area (Å²) in [6.45, 7) is 1.72. The smallest absolute Gasteiger partial charge is 0.152 e. The first-order valence-electron chi connectivity index (χ1n) is 7.81. The molecule has 122 valence electrons. The third kappa shape index (κ3) is 3.81. The van der Waals surface area contributed by atoms with Gasteiger partial charge in [-0.2, -0.15) is 0 Å². The van der Waals surface area contributed by atoms with Gasteiger partial charge in [-0.05, 0) is 6.42 Å². The molecule has 2 atom stereocenters. The van der Waals surface area contributed by atoms with Crippen molar-refractivity contribution in [2.24, 2.45) is 0 Å². The van der Waals surface area contributed by atoms with Crippen LogP contribution >= 0.6 is 7.14 Å². The normalized spacial score (nSPS) is 14.7. The van der Waals surface area contributed by atoms with Gasteiger partial charge in [-0.25, -0.2) is 0 Å². The molecule has 4 heteroatoms. The van der Waals surface area contributed by atoms with Crippen molar-refractivity contribution in [1.82, 2.24) is 0 Å². The van der Waals surface area contributed by atoms with Crippen LogP contribution in [0, 0.1) is 0 Å². The van der Waals surface area contributed by atoms with Gasteiger partial charge in [0.1, 0.15) is 0 Å². The maximum Gasteiger partial charge on any atom is 0.152 e. The van der Waals surface area contributed by atoms with Crippen molar-refractivity contribution in [1.29, 1.82) is 0 Å². The topological polar surface area (TPSA) is 57.5 Å². The molecule has 3 nitrogen and oxygen atoms in total. The van der Waals surface area contributed by atoms with E-state index in [-0.39, 0.29) is 6.61 Å². The molecular weight excluding hydrogens is 307 g/mol. The summed E-state index contributed by atoms with van der Waals surface area (Å²) in [6.07, 6.45) is 2.99. The minimum Gasteiger partial charge on any atom is -0.392 e. The van der Waals surface area contributed by atoms with Crippen LogP contribution in [0.3, 0.4) is 0 Å². The number of hydrogen-bond donors (Lipinski definition) is 2. The molecule has 2 aromatic rings. The van der Waals surface area contributed by atoms with Gasteiger partial charge in [-0.1, -0.05) is 79.7 Å². The Morgan fingerprint density at radius 3 is 1.87 bits per heavy atom. The van der Waals surface area contributed by atoms with Crippen molar-refractivity contribution in [3.8, 4) is 0 Å². The summed E-state index contributed by atoms with van der Waals surface area (Å²) in [6, 6.07) is 18.6. The first-order chi connectivity index (χ1) is 11.1. The summed E-state index contributed by atoms with van der Waals surface area (Å²) >= 11 is 0. The first kappa shape index (κ1) is 17.7. The zero-order valence-electron chi connectivity index (χ0n) is 13.2. The Hall–Kier alpha value is -1.67. The van der Waals surface area contributed by atoms with Crippen LogP contribution < -0.4 is 10.6 Å². The molecular formula is C19H23O3P. The van der Waals surface area contributed by atoms with E-state index >= 15 is 0 Å². The molecule has 0 heterocycles. The Morgan fingerprint density at radius 1 is 1.00 bits per heavy atom. The highest BCUT2D eigenvalue weighted by Crippen LogP contribution is 2.51. The Kier molecular flexibility index (Phi) is 6.35. The molecule has 0 aliphatic rings. The van der Waals surface area contributed by atoms with Gasteiger partial charge in [-0.15, -0.1) is 0 Å². The summed E-state index contributed by atoms with van der Waals surface area (Å²) < 4.78 is 14.1. The highest BCUT2D eigenvalue weighted by molar-refractivity contribution is 7.79. The molecule has 0 fully saturated rings. The second-order valence-corrected chi connectivity index (χ2v) is 8.35. The monoisotopic (exact) mass is 330 g/mol. The summed E-state index contributed by atoms with van der Waals surface area (Å²) in [4.78, 5) is 0. The molecule has 2 N–H and O–H groups in total. The Morgan fingerprint density at radius 2 is 1.48 bits per heavy atom. The van der Waals surface area contributed by atoms with Crippen molar-refractivity contribution in [2.45, 2.75) is 25.1 Å². The summed E-state index contributed by atoms with van der Waals surface area (Å²) in [5.74, 6) is 0. The quantitative estimate of drug-likeness (QED) is 0.606. The van der Waals surface area contributed by atoms with Gasteiger partial charge in [0.05, 0.1) is 18.4 Å². The molecule has 0 saturated carbocycles. The van der Waals surface area contributed by atoms with E-state index < -0.39 is 18.9 Å². The molecule has 0 saturated heterocycles. The van der Waals surface area contributed by atoms with Gasteiger partial charge in [0.2, 0.25) is 0 Å².